The first-order valence-corrected chi connectivity index (χ1v) is 3.36. The van der Waals surface area contributed by atoms with Gasteiger partial charge in [0.15, 0.2) is 0 Å². The summed E-state index contributed by atoms with van der Waals surface area (Å²) in [6.45, 7) is 0. The Kier molecular flexibility index (Phi) is 4.55. The average molecular weight is 245 g/mol. The van der Waals surface area contributed by atoms with Crippen molar-refractivity contribution in [3.05, 3.63) is 0 Å². The minimum atomic E-state index is -6.42. The molecule has 0 aromatic heterocycles. The van der Waals surface area contributed by atoms with E-state index in [4.69, 9.17) is 4.55 Å². The molecule has 1 N–H and O–H groups in total. The van der Waals surface area contributed by atoms with Crippen LogP contribution >= 0.6 is 0 Å². The van der Waals surface area contributed by atoms with Gasteiger partial charge in [0.1, 0.15) is 0 Å². The van der Waals surface area contributed by atoms with Crippen LogP contribution in [0.15, 0.2) is 0 Å². The Hall–Kier alpha value is 0.430. The third-order valence-electron chi connectivity index (χ3n) is 0.654. The second-order valence-corrected chi connectivity index (χ2v) is 2.95. The Morgan fingerprint density at radius 1 is 1.00 bits per heavy atom. The second-order valence-electron chi connectivity index (χ2n) is 1.49. The van der Waals surface area contributed by atoms with Crippen molar-refractivity contribution in [2.45, 2.75) is 11.4 Å². The van der Waals surface area contributed by atoms with Gasteiger partial charge in [0.05, 0.1) is 0 Å². The molecule has 0 aromatic rings. The zero-order chi connectivity index (χ0) is 9.50. The van der Waals surface area contributed by atoms with Crippen molar-refractivity contribution in [1.29, 1.82) is 0 Å². The van der Waals surface area contributed by atoms with Gasteiger partial charge >= 0.3 is 21.5 Å². The molecule has 0 saturated carbocycles. The SMILES string of the molecule is O=S(=O)(O)C(F)(F)C(F)(F)F.[Sc]. The van der Waals surface area contributed by atoms with E-state index in [2.05, 4.69) is 0 Å². The monoisotopic (exact) mass is 245 g/mol. The van der Waals surface area contributed by atoms with Gasteiger partial charge < -0.3 is 0 Å². The first-order chi connectivity index (χ1) is 4.50. The maximum Gasteiger partial charge on any atom is 0.472 e. The number of hydrogen-bond acceptors (Lipinski definition) is 2. The van der Waals surface area contributed by atoms with E-state index in [0.29, 0.717) is 0 Å². The molecule has 0 heterocycles. The molecule has 0 spiro atoms. The summed E-state index contributed by atoms with van der Waals surface area (Å²) >= 11 is 0. The van der Waals surface area contributed by atoms with Gasteiger partial charge in [-0.05, 0) is 0 Å². The van der Waals surface area contributed by atoms with Crippen molar-refractivity contribution in [3.8, 4) is 0 Å². The van der Waals surface area contributed by atoms with Crippen molar-refractivity contribution >= 4 is 10.1 Å². The van der Waals surface area contributed by atoms with Crippen molar-refractivity contribution in [2.75, 3.05) is 0 Å². The van der Waals surface area contributed by atoms with E-state index in [1.165, 1.54) is 0 Å². The first kappa shape index (κ1) is 14.9. The third kappa shape index (κ3) is 2.73. The first-order valence-electron chi connectivity index (χ1n) is 1.91. The molecule has 0 saturated heterocycles. The summed E-state index contributed by atoms with van der Waals surface area (Å²) in [6, 6.07) is 0. The molecular weight excluding hydrogens is 244 g/mol. The molecule has 0 unspecified atom stereocenters. The van der Waals surface area contributed by atoms with Gasteiger partial charge in [-0.1, -0.05) is 0 Å². The quantitative estimate of drug-likeness (QED) is 0.554. The number of halogens is 5. The maximum absolute atomic E-state index is 11.5. The fourth-order valence-corrected chi connectivity index (χ4v) is 0.439. The number of alkyl halides is 5. The average Bonchev–Trinajstić information content (AvgIpc) is 1.58. The van der Waals surface area contributed by atoms with Crippen LogP contribution in [0.2, 0.25) is 0 Å². The molecule has 0 aromatic carbocycles. The summed E-state index contributed by atoms with van der Waals surface area (Å²) in [5.41, 5.74) is 0. The summed E-state index contributed by atoms with van der Waals surface area (Å²) in [4.78, 5) is 0. The largest absolute Gasteiger partial charge is 0.472 e. The molecule has 0 aliphatic heterocycles. The summed E-state index contributed by atoms with van der Waals surface area (Å²) in [5, 5.41) is -6.10. The minimum Gasteiger partial charge on any atom is -0.281 e. The molecule has 0 amide bonds. The van der Waals surface area contributed by atoms with E-state index >= 15 is 0 Å². The van der Waals surface area contributed by atoms with E-state index < -0.39 is 21.5 Å². The summed E-state index contributed by atoms with van der Waals surface area (Å²) < 4.78 is 82.2. The molecule has 1 radical (unpaired) electrons. The van der Waals surface area contributed by atoms with E-state index in [1.54, 1.807) is 0 Å². The van der Waals surface area contributed by atoms with Gasteiger partial charge in [-0.2, -0.15) is 30.4 Å². The zero-order valence-corrected chi connectivity index (χ0v) is 7.76. The van der Waals surface area contributed by atoms with Crippen LogP contribution in [0.4, 0.5) is 22.0 Å². The van der Waals surface area contributed by atoms with Crippen LogP contribution in [-0.2, 0) is 36.0 Å². The Labute approximate surface area is 82.5 Å². The normalized spacial score (nSPS) is 13.8. The summed E-state index contributed by atoms with van der Waals surface area (Å²) in [6.07, 6.45) is -6.29. The van der Waals surface area contributed by atoms with E-state index in [9.17, 15) is 30.4 Å². The van der Waals surface area contributed by atoms with Crippen LogP contribution in [-0.4, -0.2) is 24.4 Å². The Morgan fingerprint density at radius 2 is 1.25 bits per heavy atom. The number of rotatable bonds is 1. The molecule has 0 rings (SSSR count). The van der Waals surface area contributed by atoms with Crippen LogP contribution in [0.1, 0.15) is 0 Å². The molecule has 71 valence electrons. The van der Waals surface area contributed by atoms with Gasteiger partial charge in [0, 0.05) is 25.8 Å². The number of hydrogen-bond donors (Lipinski definition) is 1. The molecule has 0 bridgehead atoms. The Bertz CT molecular complexity index is 242. The van der Waals surface area contributed by atoms with Gasteiger partial charge in [-0.3, -0.25) is 4.55 Å². The summed E-state index contributed by atoms with van der Waals surface area (Å²) in [7, 11) is -6.42. The Morgan fingerprint density at radius 3 is 1.25 bits per heavy atom. The molecule has 3 nitrogen and oxygen atoms in total. The fourth-order valence-electron chi connectivity index (χ4n) is 0.146. The van der Waals surface area contributed by atoms with Crippen LogP contribution < -0.4 is 0 Å². The van der Waals surface area contributed by atoms with Crippen molar-refractivity contribution in [1.82, 2.24) is 0 Å². The molecule has 0 atom stereocenters. The third-order valence-corrected chi connectivity index (χ3v) is 1.53. The minimum absolute atomic E-state index is 0. The molecule has 0 aliphatic carbocycles. The maximum atomic E-state index is 11.5. The second kappa shape index (κ2) is 3.66. The summed E-state index contributed by atoms with van der Waals surface area (Å²) in [5.74, 6) is 0. The van der Waals surface area contributed by atoms with Gasteiger partial charge in [0.2, 0.25) is 0 Å². The van der Waals surface area contributed by atoms with Gasteiger partial charge in [0.25, 0.3) is 0 Å². The molecule has 0 aliphatic rings. The van der Waals surface area contributed by atoms with Crippen molar-refractivity contribution in [2.24, 2.45) is 0 Å². The van der Waals surface area contributed by atoms with Crippen LogP contribution in [0.25, 0.3) is 0 Å². The smallest absolute Gasteiger partial charge is 0.281 e. The zero-order valence-electron chi connectivity index (χ0n) is 5.14. The van der Waals surface area contributed by atoms with Gasteiger partial charge in [-0.15, -0.1) is 0 Å². The van der Waals surface area contributed by atoms with Gasteiger partial charge in [-0.25, -0.2) is 0 Å². The Balaban J connectivity index is 0. The van der Waals surface area contributed by atoms with Crippen LogP contribution in [0.3, 0.4) is 0 Å². The van der Waals surface area contributed by atoms with Crippen molar-refractivity contribution in [3.63, 3.8) is 0 Å². The molecule has 0 fully saturated rings. The molecule has 10 heteroatoms. The van der Waals surface area contributed by atoms with E-state index in [-0.39, 0.29) is 25.8 Å². The topological polar surface area (TPSA) is 54.4 Å². The van der Waals surface area contributed by atoms with E-state index in [0.717, 1.165) is 0 Å². The fraction of sp³-hybridized carbons (Fsp3) is 1.00. The predicted molar refractivity (Wildman–Crippen MR) is 22.6 cm³/mol. The van der Waals surface area contributed by atoms with E-state index in [1.807, 2.05) is 0 Å². The molecule has 12 heavy (non-hydrogen) atoms. The molecular formula is C2HF5O3SSc. The van der Waals surface area contributed by atoms with Crippen LogP contribution in [0, 0.1) is 0 Å². The standard InChI is InChI=1S/C2HF5O3S.Sc/c3-1(4,5)2(6,7)11(8,9)10;/h(H,8,9,10);. The predicted octanol–water partition coefficient (Wildman–Crippen LogP) is 1.03. The van der Waals surface area contributed by atoms with Crippen molar-refractivity contribution < 1.29 is 60.8 Å². The van der Waals surface area contributed by atoms with Crippen LogP contribution in [0.5, 0.6) is 0 Å².